The highest BCUT2D eigenvalue weighted by atomic mass is 16.8. The van der Waals surface area contributed by atoms with Gasteiger partial charge in [-0.1, -0.05) is 18.2 Å². The third-order valence-corrected chi connectivity index (χ3v) is 4.30. The van der Waals surface area contributed by atoms with Gasteiger partial charge in [0.2, 0.25) is 5.91 Å². The van der Waals surface area contributed by atoms with Crippen LogP contribution in [0.1, 0.15) is 37.2 Å². The van der Waals surface area contributed by atoms with E-state index in [-0.39, 0.29) is 12.2 Å². The molecule has 126 valence electrons. The van der Waals surface area contributed by atoms with E-state index in [4.69, 9.17) is 9.57 Å². The number of anilines is 1. The Morgan fingerprint density at radius 1 is 1.35 bits per heavy atom. The predicted octanol–water partition coefficient (Wildman–Crippen LogP) is 1.75. The van der Waals surface area contributed by atoms with Crippen LogP contribution in [0, 0.1) is 0 Å². The molecule has 0 aliphatic carbocycles. The van der Waals surface area contributed by atoms with Crippen LogP contribution in [-0.4, -0.2) is 38.4 Å². The van der Waals surface area contributed by atoms with Gasteiger partial charge in [0, 0.05) is 50.7 Å². The predicted molar refractivity (Wildman–Crippen MR) is 88.0 cm³/mol. The molecule has 1 amide bonds. The molecule has 1 saturated heterocycles. The Labute approximate surface area is 136 Å². The van der Waals surface area contributed by atoms with Crippen molar-refractivity contribution < 1.29 is 14.4 Å². The fraction of sp³-hybridized carbons (Fsp3) is 0.588. The number of ether oxygens (including phenoxy) is 1. The number of benzene rings is 1. The fourth-order valence-corrected chi connectivity index (χ4v) is 3.00. The van der Waals surface area contributed by atoms with Gasteiger partial charge in [-0.25, -0.2) is 10.3 Å². The Bertz CT molecular complexity index is 518. The minimum absolute atomic E-state index is 0.114. The van der Waals surface area contributed by atoms with Crippen molar-refractivity contribution in [1.29, 1.82) is 0 Å². The van der Waals surface area contributed by atoms with Gasteiger partial charge in [0.05, 0.1) is 0 Å². The molecule has 2 unspecified atom stereocenters. The lowest BCUT2D eigenvalue weighted by Gasteiger charge is -2.22. The highest BCUT2D eigenvalue weighted by Gasteiger charge is 2.21. The average Bonchev–Trinajstić information content (AvgIpc) is 3.01. The smallest absolute Gasteiger partial charge is 0.244 e. The van der Waals surface area contributed by atoms with Gasteiger partial charge < -0.3 is 15.4 Å². The van der Waals surface area contributed by atoms with Crippen LogP contribution in [0.4, 0.5) is 5.69 Å². The highest BCUT2D eigenvalue weighted by Crippen LogP contribution is 2.30. The normalized spacial score (nSPS) is 23.1. The quantitative estimate of drug-likeness (QED) is 0.527. The third-order valence-electron chi connectivity index (χ3n) is 4.30. The highest BCUT2D eigenvalue weighted by molar-refractivity contribution is 5.74. The molecule has 1 aromatic rings. The lowest BCUT2D eigenvalue weighted by atomic mass is 10.0. The van der Waals surface area contributed by atoms with E-state index in [9.17, 15) is 4.79 Å². The maximum Gasteiger partial charge on any atom is 0.244 e. The van der Waals surface area contributed by atoms with Crippen LogP contribution in [0.5, 0.6) is 0 Å². The van der Waals surface area contributed by atoms with Crippen LogP contribution < -0.4 is 16.1 Å². The molecule has 1 aromatic carbocycles. The molecular formula is C17H25N3O3. The molecule has 23 heavy (non-hydrogen) atoms. The summed E-state index contributed by atoms with van der Waals surface area (Å²) in [6.45, 7) is 3.16. The first-order valence-corrected chi connectivity index (χ1v) is 8.42. The third kappa shape index (κ3) is 4.67. The minimum atomic E-state index is -0.290. The SMILES string of the molecule is O=C(CCNCC1CNc2ccccc21)NOC1CCCCO1. The number of fused-ring (bicyclic) bond motifs is 1. The van der Waals surface area contributed by atoms with E-state index in [0.717, 1.165) is 32.4 Å². The molecule has 0 saturated carbocycles. The van der Waals surface area contributed by atoms with Crippen molar-refractivity contribution in [2.45, 2.75) is 37.9 Å². The number of hydroxylamine groups is 1. The number of hydrogen-bond acceptors (Lipinski definition) is 5. The maximum absolute atomic E-state index is 11.7. The zero-order valence-electron chi connectivity index (χ0n) is 13.3. The summed E-state index contributed by atoms with van der Waals surface area (Å²) in [5, 5.41) is 6.75. The molecule has 3 N–H and O–H groups in total. The number of rotatable bonds is 7. The maximum atomic E-state index is 11.7. The number of nitrogens with one attached hydrogen (secondary N) is 3. The largest absolute Gasteiger partial charge is 0.384 e. The van der Waals surface area contributed by atoms with Gasteiger partial charge in [-0.15, -0.1) is 0 Å². The Morgan fingerprint density at radius 3 is 3.13 bits per heavy atom. The summed E-state index contributed by atoms with van der Waals surface area (Å²) in [6, 6.07) is 8.37. The van der Waals surface area contributed by atoms with Crippen molar-refractivity contribution in [3.05, 3.63) is 29.8 Å². The van der Waals surface area contributed by atoms with E-state index in [1.165, 1.54) is 11.3 Å². The monoisotopic (exact) mass is 319 g/mol. The van der Waals surface area contributed by atoms with Gasteiger partial charge in [0.25, 0.3) is 0 Å². The van der Waals surface area contributed by atoms with Crippen LogP contribution >= 0.6 is 0 Å². The molecule has 6 heteroatoms. The lowest BCUT2D eigenvalue weighted by Crippen LogP contribution is -2.35. The van der Waals surface area contributed by atoms with Crippen LogP contribution in [0.3, 0.4) is 0 Å². The van der Waals surface area contributed by atoms with Crippen molar-refractivity contribution >= 4 is 11.6 Å². The van der Waals surface area contributed by atoms with Gasteiger partial charge >= 0.3 is 0 Å². The first kappa shape index (κ1) is 16.2. The molecule has 0 aromatic heterocycles. The van der Waals surface area contributed by atoms with Crippen molar-refractivity contribution in [1.82, 2.24) is 10.8 Å². The summed E-state index contributed by atoms with van der Waals surface area (Å²) in [4.78, 5) is 17.0. The molecule has 0 bridgehead atoms. The summed E-state index contributed by atoms with van der Waals surface area (Å²) in [5.41, 5.74) is 5.05. The first-order valence-electron chi connectivity index (χ1n) is 8.42. The van der Waals surface area contributed by atoms with E-state index < -0.39 is 0 Å². The number of carbonyl (C=O) groups is 1. The molecule has 1 fully saturated rings. The fourth-order valence-electron chi connectivity index (χ4n) is 3.00. The van der Waals surface area contributed by atoms with Crippen LogP contribution in [0.25, 0.3) is 0 Å². The van der Waals surface area contributed by atoms with Crippen molar-refractivity contribution in [2.24, 2.45) is 0 Å². The molecule has 0 spiro atoms. The zero-order chi connectivity index (χ0) is 15.9. The first-order chi connectivity index (χ1) is 11.3. The molecular weight excluding hydrogens is 294 g/mol. The molecule has 2 heterocycles. The van der Waals surface area contributed by atoms with Crippen LogP contribution in [-0.2, 0) is 14.4 Å². The van der Waals surface area contributed by atoms with Gasteiger partial charge in [-0.3, -0.25) is 4.79 Å². The summed E-state index contributed by atoms with van der Waals surface area (Å²) < 4.78 is 5.40. The van der Waals surface area contributed by atoms with Gasteiger partial charge in [0.15, 0.2) is 6.29 Å². The van der Waals surface area contributed by atoms with Crippen LogP contribution in [0.15, 0.2) is 24.3 Å². The number of hydrogen-bond donors (Lipinski definition) is 3. The van der Waals surface area contributed by atoms with E-state index in [1.54, 1.807) is 0 Å². The second-order valence-electron chi connectivity index (χ2n) is 6.06. The second-order valence-corrected chi connectivity index (χ2v) is 6.06. The second kappa shape index (κ2) is 8.29. The van der Waals surface area contributed by atoms with Gasteiger partial charge in [-0.05, 0) is 24.5 Å². The average molecular weight is 319 g/mol. The molecule has 0 radical (unpaired) electrons. The van der Waals surface area contributed by atoms with E-state index in [1.807, 2.05) is 6.07 Å². The minimum Gasteiger partial charge on any atom is -0.384 e. The molecule has 2 aliphatic rings. The standard InChI is InChI=1S/C17H25N3O3/c21-16(20-23-17-7-3-4-10-22-17)8-9-18-11-13-12-19-15-6-2-1-5-14(13)15/h1-2,5-6,13,17-19H,3-4,7-12H2,(H,20,21). The van der Waals surface area contributed by atoms with Crippen molar-refractivity contribution in [3.63, 3.8) is 0 Å². The number of para-hydroxylation sites is 1. The number of amides is 1. The van der Waals surface area contributed by atoms with E-state index >= 15 is 0 Å². The molecule has 2 aliphatic heterocycles. The Morgan fingerprint density at radius 2 is 2.26 bits per heavy atom. The summed E-state index contributed by atoms with van der Waals surface area (Å²) >= 11 is 0. The van der Waals surface area contributed by atoms with E-state index in [2.05, 4.69) is 34.3 Å². The lowest BCUT2D eigenvalue weighted by molar-refractivity contribution is -0.200. The van der Waals surface area contributed by atoms with Crippen molar-refractivity contribution in [3.8, 4) is 0 Å². The molecule has 3 rings (SSSR count). The Kier molecular flexibility index (Phi) is 5.85. The van der Waals surface area contributed by atoms with Gasteiger partial charge in [0.1, 0.15) is 0 Å². The topological polar surface area (TPSA) is 71.6 Å². The summed E-state index contributed by atoms with van der Waals surface area (Å²) in [7, 11) is 0. The zero-order valence-corrected chi connectivity index (χ0v) is 13.3. The molecule has 2 atom stereocenters. The Balaban J connectivity index is 1.29. The van der Waals surface area contributed by atoms with E-state index in [0.29, 0.717) is 25.5 Å². The van der Waals surface area contributed by atoms with Crippen molar-refractivity contribution in [2.75, 3.05) is 31.6 Å². The van der Waals surface area contributed by atoms with Gasteiger partial charge in [-0.2, -0.15) is 0 Å². The number of carbonyl (C=O) groups excluding carboxylic acids is 1. The van der Waals surface area contributed by atoms with Crippen LogP contribution in [0.2, 0.25) is 0 Å². The Hall–Kier alpha value is -1.63. The molecule has 6 nitrogen and oxygen atoms in total. The summed E-state index contributed by atoms with van der Waals surface area (Å²) in [6.07, 6.45) is 3.10. The summed E-state index contributed by atoms with van der Waals surface area (Å²) in [5.74, 6) is 0.345.